The van der Waals surface area contributed by atoms with Crippen LogP contribution in [0.4, 0.5) is 0 Å². The van der Waals surface area contributed by atoms with Crippen LogP contribution in [-0.4, -0.2) is 64.5 Å². The van der Waals surface area contributed by atoms with Crippen LogP contribution in [0.2, 0.25) is 39.3 Å². The Morgan fingerprint density at radius 1 is 0.611 bits per heavy atom. The fourth-order valence-electron chi connectivity index (χ4n) is 2.32. The molecule has 0 aliphatic rings. The van der Waals surface area contributed by atoms with E-state index in [0.717, 1.165) is 0 Å². The molecule has 0 aromatic rings. The summed E-state index contributed by atoms with van der Waals surface area (Å²) in [5.74, 6) is 0. The summed E-state index contributed by atoms with van der Waals surface area (Å²) >= 11 is 0. The van der Waals surface area contributed by atoms with Gasteiger partial charge in [-0.3, -0.25) is 0 Å². The van der Waals surface area contributed by atoms with Gasteiger partial charge in [0.2, 0.25) is 0 Å². The van der Waals surface area contributed by atoms with Crippen molar-refractivity contribution in [1.82, 2.24) is 9.80 Å². The lowest BCUT2D eigenvalue weighted by atomic mass is 10.5. The average Bonchev–Trinajstić information content (AvgIpc) is 2.18. The Bertz CT molecular complexity index is 195. The van der Waals surface area contributed by atoms with E-state index < -0.39 is 16.1 Å². The second-order valence-corrected chi connectivity index (χ2v) is 18.7. The van der Waals surface area contributed by atoms with Crippen LogP contribution in [0.5, 0.6) is 0 Å². The van der Waals surface area contributed by atoms with Gasteiger partial charge in [-0.2, -0.15) is 0 Å². The van der Waals surface area contributed by atoms with Gasteiger partial charge in [-0.25, -0.2) is 0 Å². The molecule has 0 aromatic heterocycles. The second-order valence-electron chi connectivity index (χ2n) is 7.86. The third kappa shape index (κ3) is 10.3. The normalized spacial score (nSPS) is 13.7. The molecule has 4 heteroatoms. The molecule has 0 N–H and O–H groups in total. The lowest BCUT2D eigenvalue weighted by molar-refractivity contribution is 0.250. The van der Waals surface area contributed by atoms with E-state index in [1.807, 2.05) is 0 Å². The molecule has 0 fully saturated rings. The molecule has 0 unspecified atom stereocenters. The molecule has 0 spiro atoms. The number of hydrogen-bond donors (Lipinski definition) is 0. The summed E-state index contributed by atoms with van der Waals surface area (Å²) in [6.07, 6.45) is 2.68. The molecule has 2 nitrogen and oxygen atoms in total. The molecule has 0 aliphatic heterocycles. The molecule has 0 atom stereocenters. The standard InChI is InChI=1S/C14H36N2Si2/c1-9-15(13-17(3,4)5)11-12-16(10-2)14-18(6,7)8/h9-14H2,1-8H3. The van der Waals surface area contributed by atoms with Gasteiger partial charge in [-0.05, 0) is 25.4 Å². The maximum atomic E-state index is 2.65. The van der Waals surface area contributed by atoms with Crippen LogP contribution in [0.1, 0.15) is 13.8 Å². The topological polar surface area (TPSA) is 6.48 Å². The Morgan fingerprint density at radius 3 is 1.06 bits per heavy atom. The molecule has 110 valence electrons. The van der Waals surface area contributed by atoms with Gasteiger partial charge in [0.1, 0.15) is 0 Å². The third-order valence-electron chi connectivity index (χ3n) is 3.02. The zero-order valence-corrected chi connectivity index (χ0v) is 16.1. The highest BCUT2D eigenvalue weighted by Gasteiger charge is 2.20. The first-order valence-electron chi connectivity index (χ1n) is 7.52. The largest absolute Gasteiger partial charge is 0.305 e. The molecule has 0 radical (unpaired) electrons. The number of hydrogen-bond acceptors (Lipinski definition) is 2. The Morgan fingerprint density at radius 2 is 0.889 bits per heavy atom. The monoisotopic (exact) mass is 288 g/mol. The lowest BCUT2D eigenvalue weighted by Gasteiger charge is -2.32. The van der Waals surface area contributed by atoms with E-state index in [-0.39, 0.29) is 0 Å². The molecule has 0 heterocycles. The van der Waals surface area contributed by atoms with E-state index in [4.69, 9.17) is 0 Å². The molecule has 0 aliphatic carbocycles. The summed E-state index contributed by atoms with van der Waals surface area (Å²) in [7, 11) is -1.91. The van der Waals surface area contributed by atoms with Crippen molar-refractivity contribution in [2.24, 2.45) is 0 Å². The Balaban J connectivity index is 4.16. The maximum Gasteiger partial charge on any atom is 0.0599 e. The molecule has 0 saturated carbocycles. The van der Waals surface area contributed by atoms with Crippen LogP contribution in [0.25, 0.3) is 0 Å². The zero-order valence-electron chi connectivity index (χ0n) is 14.1. The second kappa shape index (κ2) is 7.83. The molecule has 18 heavy (non-hydrogen) atoms. The maximum absolute atomic E-state index is 2.65. The zero-order chi connectivity index (χ0) is 14.4. The quantitative estimate of drug-likeness (QED) is 0.600. The number of rotatable bonds is 9. The van der Waals surface area contributed by atoms with E-state index >= 15 is 0 Å². The highest BCUT2D eigenvalue weighted by atomic mass is 28.3. The van der Waals surface area contributed by atoms with Crippen molar-refractivity contribution in [2.75, 3.05) is 38.5 Å². The average molecular weight is 289 g/mol. The summed E-state index contributed by atoms with van der Waals surface area (Å²) in [6.45, 7) is 24.3. The molecule has 0 bridgehead atoms. The molecule has 0 aromatic carbocycles. The van der Waals surface area contributed by atoms with E-state index in [9.17, 15) is 0 Å². The van der Waals surface area contributed by atoms with Gasteiger partial charge >= 0.3 is 0 Å². The van der Waals surface area contributed by atoms with Crippen LogP contribution >= 0.6 is 0 Å². The van der Waals surface area contributed by atoms with Gasteiger partial charge in [-0.1, -0.05) is 53.1 Å². The molecule has 0 rings (SSSR count). The minimum atomic E-state index is -0.954. The van der Waals surface area contributed by atoms with Crippen molar-refractivity contribution < 1.29 is 0 Å². The van der Waals surface area contributed by atoms with Crippen molar-refractivity contribution in [1.29, 1.82) is 0 Å². The van der Waals surface area contributed by atoms with Crippen LogP contribution in [0.3, 0.4) is 0 Å². The van der Waals surface area contributed by atoms with Crippen molar-refractivity contribution in [3.63, 3.8) is 0 Å². The number of nitrogens with zero attached hydrogens (tertiary/aromatic N) is 2. The summed E-state index contributed by atoms with van der Waals surface area (Å²) in [5, 5.41) is 0. The van der Waals surface area contributed by atoms with E-state index in [2.05, 4.69) is 62.9 Å². The van der Waals surface area contributed by atoms with E-state index in [1.165, 1.54) is 38.5 Å². The van der Waals surface area contributed by atoms with Crippen molar-refractivity contribution in [2.45, 2.75) is 53.1 Å². The predicted octanol–water partition coefficient (Wildman–Crippen LogP) is 3.39. The lowest BCUT2D eigenvalue weighted by Crippen LogP contribution is -2.46. The van der Waals surface area contributed by atoms with E-state index in [1.54, 1.807) is 0 Å². The molecule has 0 saturated heterocycles. The first-order chi connectivity index (χ1) is 8.07. The van der Waals surface area contributed by atoms with E-state index in [0.29, 0.717) is 0 Å². The van der Waals surface area contributed by atoms with Crippen LogP contribution in [0.15, 0.2) is 0 Å². The van der Waals surface area contributed by atoms with Gasteiger partial charge in [0.25, 0.3) is 0 Å². The van der Waals surface area contributed by atoms with Crippen LogP contribution in [0, 0.1) is 0 Å². The fourth-order valence-corrected chi connectivity index (χ4v) is 5.77. The summed E-state index contributed by atoms with van der Waals surface area (Å²) < 4.78 is 0. The van der Waals surface area contributed by atoms with Crippen molar-refractivity contribution in [3.05, 3.63) is 0 Å². The Hall–Kier alpha value is 0.354. The Labute approximate surface area is 118 Å². The summed E-state index contributed by atoms with van der Waals surface area (Å²) in [4.78, 5) is 5.30. The van der Waals surface area contributed by atoms with Gasteiger partial charge in [0.15, 0.2) is 0 Å². The smallest absolute Gasteiger partial charge is 0.0599 e. The van der Waals surface area contributed by atoms with Gasteiger partial charge in [-0.15, -0.1) is 0 Å². The molecular formula is C14H36N2Si2. The molecular weight excluding hydrogens is 252 g/mol. The van der Waals surface area contributed by atoms with Gasteiger partial charge in [0.05, 0.1) is 16.1 Å². The SMILES string of the molecule is CCN(CCN(CC)C[Si](C)(C)C)C[Si](C)(C)C. The van der Waals surface area contributed by atoms with Gasteiger partial charge in [0, 0.05) is 13.1 Å². The first kappa shape index (κ1) is 18.4. The predicted molar refractivity (Wildman–Crippen MR) is 90.9 cm³/mol. The van der Waals surface area contributed by atoms with Crippen LogP contribution < -0.4 is 0 Å². The highest BCUT2D eigenvalue weighted by molar-refractivity contribution is 6.76. The van der Waals surface area contributed by atoms with Crippen molar-refractivity contribution >= 4 is 16.1 Å². The van der Waals surface area contributed by atoms with Crippen molar-refractivity contribution in [3.8, 4) is 0 Å². The third-order valence-corrected chi connectivity index (χ3v) is 5.81. The minimum absolute atomic E-state index is 0.954. The minimum Gasteiger partial charge on any atom is -0.305 e. The Kier molecular flexibility index (Phi) is 7.98. The fraction of sp³-hybridized carbons (Fsp3) is 1.00. The summed E-state index contributed by atoms with van der Waals surface area (Å²) in [5.41, 5.74) is 0. The van der Waals surface area contributed by atoms with Gasteiger partial charge < -0.3 is 9.80 Å². The summed E-state index contributed by atoms with van der Waals surface area (Å²) in [6, 6.07) is 0. The highest BCUT2D eigenvalue weighted by Crippen LogP contribution is 2.06. The number of likely N-dealkylation sites (N-methyl/N-ethyl adjacent to an activating group) is 2. The first-order valence-corrected chi connectivity index (χ1v) is 14.9. The van der Waals surface area contributed by atoms with Crippen LogP contribution in [-0.2, 0) is 0 Å². The molecule has 0 amide bonds.